The van der Waals surface area contributed by atoms with Crippen molar-refractivity contribution in [1.29, 1.82) is 0 Å². The Balaban J connectivity index is 2.51. The molecule has 0 saturated carbocycles. The molecule has 0 unspecified atom stereocenters. The molecule has 18 heavy (non-hydrogen) atoms. The van der Waals surface area contributed by atoms with Crippen LogP contribution in [0, 0.1) is 0 Å². The zero-order valence-corrected chi connectivity index (χ0v) is 11.1. The molecule has 2 heteroatoms. The van der Waals surface area contributed by atoms with Crippen LogP contribution in [-0.2, 0) is 0 Å². The van der Waals surface area contributed by atoms with Crippen molar-refractivity contribution >= 4 is 16.3 Å². The summed E-state index contributed by atoms with van der Waals surface area (Å²) in [6.45, 7) is 6.35. The van der Waals surface area contributed by atoms with Gasteiger partial charge in [0, 0.05) is 24.0 Å². The fraction of sp³-hybridized carbons (Fsp3) is 0.250. The smallest absolute Gasteiger partial charge is 0.0705 e. The molecule has 2 heterocycles. The zero-order valence-electron chi connectivity index (χ0n) is 11.1. The van der Waals surface area contributed by atoms with E-state index >= 15 is 0 Å². The minimum absolute atomic E-state index is 1.01. The second kappa shape index (κ2) is 5.58. The Hall–Kier alpha value is -1.96. The van der Waals surface area contributed by atoms with Gasteiger partial charge in [0.25, 0.3) is 0 Å². The van der Waals surface area contributed by atoms with E-state index < -0.39 is 0 Å². The molecule has 0 saturated heterocycles. The van der Waals surface area contributed by atoms with Crippen LogP contribution in [0.2, 0.25) is 0 Å². The number of nitrogens with zero attached hydrogens (tertiary/aromatic N) is 2. The van der Waals surface area contributed by atoms with Crippen LogP contribution in [0.5, 0.6) is 0 Å². The molecule has 0 aliphatic rings. The van der Waals surface area contributed by atoms with Gasteiger partial charge in [0.1, 0.15) is 0 Å². The molecule has 2 aromatic heterocycles. The van der Waals surface area contributed by atoms with Gasteiger partial charge in [-0.3, -0.25) is 9.97 Å². The number of pyridine rings is 2. The van der Waals surface area contributed by atoms with Crippen LogP contribution in [-0.4, -0.2) is 9.97 Å². The van der Waals surface area contributed by atoms with Crippen LogP contribution in [0.15, 0.2) is 48.4 Å². The molecule has 0 aliphatic carbocycles. The molecule has 2 rings (SSSR count). The van der Waals surface area contributed by atoms with E-state index in [1.165, 1.54) is 16.5 Å². The van der Waals surface area contributed by atoms with Gasteiger partial charge in [-0.2, -0.15) is 0 Å². The van der Waals surface area contributed by atoms with Crippen LogP contribution >= 0.6 is 0 Å². The first-order valence-electron chi connectivity index (χ1n) is 6.26. The lowest BCUT2D eigenvalue weighted by Crippen LogP contribution is -1.89. The van der Waals surface area contributed by atoms with E-state index in [-0.39, 0.29) is 0 Å². The van der Waals surface area contributed by atoms with Gasteiger partial charge in [-0.1, -0.05) is 24.6 Å². The summed E-state index contributed by atoms with van der Waals surface area (Å²) in [7, 11) is 0. The van der Waals surface area contributed by atoms with Crippen molar-refractivity contribution in [3.05, 3.63) is 54.1 Å². The lowest BCUT2D eigenvalue weighted by Gasteiger charge is -2.05. The first-order valence-corrected chi connectivity index (χ1v) is 6.26. The highest BCUT2D eigenvalue weighted by Crippen LogP contribution is 2.20. The maximum Gasteiger partial charge on any atom is 0.0705 e. The first kappa shape index (κ1) is 12.5. The van der Waals surface area contributed by atoms with E-state index in [1.807, 2.05) is 24.7 Å². The lowest BCUT2D eigenvalue weighted by molar-refractivity contribution is 1.21. The molecule has 0 bridgehead atoms. The molecule has 92 valence electrons. The predicted molar refractivity (Wildman–Crippen MR) is 77.2 cm³/mol. The molecule has 2 nitrogen and oxygen atoms in total. The van der Waals surface area contributed by atoms with Crippen molar-refractivity contribution in [3.8, 4) is 0 Å². The molecular formula is C16H18N2. The van der Waals surface area contributed by atoms with E-state index in [0.29, 0.717) is 0 Å². The van der Waals surface area contributed by atoms with E-state index in [0.717, 1.165) is 17.5 Å². The largest absolute Gasteiger partial charge is 0.264 e. The third kappa shape index (κ3) is 2.83. The van der Waals surface area contributed by atoms with Gasteiger partial charge in [-0.25, -0.2) is 0 Å². The number of allylic oxidation sites excluding steroid dienone is 4. The van der Waals surface area contributed by atoms with Crippen LogP contribution < -0.4 is 0 Å². The highest BCUT2D eigenvalue weighted by Gasteiger charge is 2.02. The topological polar surface area (TPSA) is 25.8 Å². The average molecular weight is 238 g/mol. The Bertz CT molecular complexity index is 605. The Kier molecular flexibility index (Phi) is 3.88. The van der Waals surface area contributed by atoms with Crippen molar-refractivity contribution in [2.45, 2.75) is 27.2 Å². The van der Waals surface area contributed by atoms with Crippen molar-refractivity contribution in [2.24, 2.45) is 0 Å². The molecule has 0 atom stereocenters. The fourth-order valence-electron chi connectivity index (χ4n) is 1.91. The molecule has 0 amide bonds. The van der Waals surface area contributed by atoms with Gasteiger partial charge in [0.2, 0.25) is 0 Å². The van der Waals surface area contributed by atoms with Gasteiger partial charge >= 0.3 is 0 Å². The quantitative estimate of drug-likeness (QED) is 0.741. The Morgan fingerprint density at radius 1 is 1.22 bits per heavy atom. The Morgan fingerprint density at radius 3 is 2.78 bits per heavy atom. The Morgan fingerprint density at radius 2 is 2.06 bits per heavy atom. The molecule has 0 radical (unpaired) electrons. The van der Waals surface area contributed by atoms with Crippen molar-refractivity contribution in [2.75, 3.05) is 0 Å². The van der Waals surface area contributed by atoms with E-state index in [1.54, 1.807) is 0 Å². The molecular weight excluding hydrogens is 220 g/mol. The van der Waals surface area contributed by atoms with Crippen molar-refractivity contribution in [1.82, 2.24) is 9.97 Å². The molecule has 0 aliphatic heterocycles. The number of hydrogen-bond donors (Lipinski definition) is 0. The van der Waals surface area contributed by atoms with Crippen molar-refractivity contribution < 1.29 is 0 Å². The summed E-state index contributed by atoms with van der Waals surface area (Å²) in [4.78, 5) is 8.63. The predicted octanol–water partition coefficient (Wildman–Crippen LogP) is 4.39. The second-order valence-corrected chi connectivity index (χ2v) is 4.58. The minimum Gasteiger partial charge on any atom is -0.264 e. The minimum atomic E-state index is 1.01. The SMILES string of the molecule is CC/C=C(\C=C(C)C)c1cc2ccncc2cn1. The van der Waals surface area contributed by atoms with Crippen LogP contribution in [0.3, 0.4) is 0 Å². The van der Waals surface area contributed by atoms with E-state index in [2.05, 4.69) is 49.0 Å². The summed E-state index contributed by atoms with van der Waals surface area (Å²) in [6, 6.07) is 4.14. The summed E-state index contributed by atoms with van der Waals surface area (Å²) in [6.07, 6.45) is 10.9. The molecule has 0 spiro atoms. The zero-order chi connectivity index (χ0) is 13.0. The highest BCUT2D eigenvalue weighted by molar-refractivity contribution is 5.85. The highest BCUT2D eigenvalue weighted by atomic mass is 14.7. The fourth-order valence-corrected chi connectivity index (χ4v) is 1.91. The van der Waals surface area contributed by atoms with Gasteiger partial charge in [0.15, 0.2) is 0 Å². The van der Waals surface area contributed by atoms with Gasteiger partial charge in [-0.05, 0) is 43.4 Å². The van der Waals surface area contributed by atoms with Gasteiger partial charge in [-0.15, -0.1) is 0 Å². The maximum absolute atomic E-state index is 4.53. The monoisotopic (exact) mass is 238 g/mol. The maximum atomic E-state index is 4.53. The molecule has 0 aromatic carbocycles. The van der Waals surface area contributed by atoms with Crippen LogP contribution in [0.1, 0.15) is 32.9 Å². The van der Waals surface area contributed by atoms with Crippen molar-refractivity contribution in [3.63, 3.8) is 0 Å². The normalized spacial score (nSPS) is 11.6. The van der Waals surface area contributed by atoms with Gasteiger partial charge < -0.3 is 0 Å². The third-order valence-electron chi connectivity index (χ3n) is 2.69. The number of rotatable bonds is 3. The summed E-state index contributed by atoms with van der Waals surface area (Å²) < 4.78 is 0. The third-order valence-corrected chi connectivity index (χ3v) is 2.69. The van der Waals surface area contributed by atoms with E-state index in [9.17, 15) is 0 Å². The Labute approximate surface area is 108 Å². The first-order chi connectivity index (χ1) is 8.70. The second-order valence-electron chi connectivity index (χ2n) is 4.58. The number of hydrogen-bond acceptors (Lipinski definition) is 2. The van der Waals surface area contributed by atoms with E-state index in [4.69, 9.17) is 0 Å². The molecule has 2 aromatic rings. The number of aromatic nitrogens is 2. The van der Waals surface area contributed by atoms with Crippen LogP contribution in [0.25, 0.3) is 16.3 Å². The van der Waals surface area contributed by atoms with Gasteiger partial charge in [0.05, 0.1) is 5.69 Å². The lowest BCUT2D eigenvalue weighted by atomic mass is 10.1. The van der Waals surface area contributed by atoms with Crippen LogP contribution in [0.4, 0.5) is 0 Å². The standard InChI is InChI=1S/C16H18N2/c1-4-5-14(8-12(2)3)16-9-13-6-7-17-10-15(13)11-18-16/h5-11H,4H2,1-3H3/b14-5+. The summed E-state index contributed by atoms with van der Waals surface area (Å²) >= 11 is 0. The summed E-state index contributed by atoms with van der Waals surface area (Å²) in [5, 5.41) is 2.26. The molecule has 0 N–H and O–H groups in total. The average Bonchev–Trinajstić information content (AvgIpc) is 2.37. The summed E-state index contributed by atoms with van der Waals surface area (Å²) in [5.74, 6) is 0. The summed E-state index contributed by atoms with van der Waals surface area (Å²) in [5.41, 5.74) is 3.50. The number of fused-ring (bicyclic) bond motifs is 1. The molecule has 0 fully saturated rings.